The van der Waals surface area contributed by atoms with Crippen molar-refractivity contribution < 1.29 is 19.5 Å². The van der Waals surface area contributed by atoms with E-state index in [0.717, 1.165) is 5.56 Å². The molecular formula is C25H26Cl2LiN5O4S. The SMILES string of the molecule is CCNC(=O)c1ccc(Cc2nc(N3C[C@@H]4C(NC(=O)c5[nH]c(C)c(Cl)c5Cl)[C@@H]4C3)sc2C(=O)O)cc1.[LiH]. The van der Waals surface area contributed by atoms with E-state index in [1.807, 2.05) is 19.1 Å². The van der Waals surface area contributed by atoms with Crippen molar-refractivity contribution in [2.45, 2.75) is 26.3 Å². The Labute approximate surface area is 245 Å². The standard InChI is InChI=1S/C25H25Cl2N5O4S.Li.H/c1-3-28-22(33)13-6-4-12(5-7-13)8-16-21(24(35)36)37-25(30-16)32-9-14-15(10-32)19(14)31-23(34)20-18(27)17(26)11(2)29-20;;/h4-7,14-15,19,29H,3,8-10H2,1-2H3,(H,28,33)(H,31,34)(H,35,36);;/t14-,15+,19?;;. The minimum absolute atomic E-state index is 0. The topological polar surface area (TPSA) is 127 Å². The number of fused-ring (bicyclic) bond motifs is 1. The van der Waals surface area contributed by atoms with E-state index in [1.165, 1.54) is 11.3 Å². The summed E-state index contributed by atoms with van der Waals surface area (Å²) in [5.41, 5.74) is 2.83. The number of hydrogen-bond donors (Lipinski definition) is 4. The van der Waals surface area contributed by atoms with Gasteiger partial charge >= 0.3 is 24.8 Å². The van der Waals surface area contributed by atoms with Crippen molar-refractivity contribution in [3.63, 3.8) is 0 Å². The quantitative estimate of drug-likeness (QED) is 0.308. The van der Waals surface area contributed by atoms with Crippen molar-refractivity contribution in [2.75, 3.05) is 24.5 Å². The van der Waals surface area contributed by atoms with Crippen LogP contribution >= 0.6 is 34.5 Å². The van der Waals surface area contributed by atoms with E-state index in [4.69, 9.17) is 23.2 Å². The molecule has 2 fully saturated rings. The molecule has 3 atom stereocenters. The number of carbonyl (C=O) groups excluding carboxylic acids is 2. The van der Waals surface area contributed by atoms with E-state index in [1.54, 1.807) is 19.1 Å². The second-order valence-corrected chi connectivity index (χ2v) is 11.0. The maximum absolute atomic E-state index is 12.7. The number of nitrogens with one attached hydrogen (secondary N) is 3. The zero-order valence-corrected chi connectivity index (χ0v) is 22.4. The van der Waals surface area contributed by atoms with Gasteiger partial charge in [-0.2, -0.15) is 0 Å². The van der Waals surface area contributed by atoms with Crippen molar-refractivity contribution in [1.29, 1.82) is 0 Å². The van der Waals surface area contributed by atoms with Gasteiger partial charge in [0.1, 0.15) is 10.6 Å². The number of carboxylic acids is 1. The Bertz CT molecular complexity index is 1380. The number of halogens is 2. The van der Waals surface area contributed by atoms with Crippen molar-refractivity contribution in [3.8, 4) is 0 Å². The van der Waals surface area contributed by atoms with Crippen LogP contribution in [0.15, 0.2) is 24.3 Å². The van der Waals surface area contributed by atoms with Crippen molar-refractivity contribution in [2.24, 2.45) is 11.8 Å². The second-order valence-electron chi connectivity index (χ2n) is 9.30. The van der Waals surface area contributed by atoms with Crippen molar-refractivity contribution in [1.82, 2.24) is 20.6 Å². The zero-order chi connectivity index (χ0) is 26.4. The fourth-order valence-corrected chi connectivity index (χ4v) is 6.20. The number of thiazole rings is 1. The van der Waals surface area contributed by atoms with Crippen LogP contribution in [0.5, 0.6) is 0 Å². The molecule has 1 saturated carbocycles. The van der Waals surface area contributed by atoms with Crippen LogP contribution in [-0.2, 0) is 6.42 Å². The monoisotopic (exact) mass is 569 g/mol. The summed E-state index contributed by atoms with van der Waals surface area (Å²) in [6.45, 7) is 5.52. The number of carboxylic acid groups (broad SMARTS) is 1. The molecule has 2 aromatic heterocycles. The van der Waals surface area contributed by atoms with E-state index in [-0.39, 0.29) is 64.1 Å². The van der Waals surface area contributed by atoms with Crippen LogP contribution in [0.4, 0.5) is 5.13 Å². The van der Waals surface area contributed by atoms with Crippen LogP contribution in [-0.4, -0.2) is 77.4 Å². The number of hydrogen-bond acceptors (Lipinski definition) is 6. The molecule has 0 spiro atoms. The van der Waals surface area contributed by atoms with Crippen LogP contribution in [0.1, 0.15) is 54.4 Å². The van der Waals surface area contributed by atoms with Gasteiger partial charge in [-0.15, -0.1) is 0 Å². The summed E-state index contributed by atoms with van der Waals surface area (Å²) < 4.78 is 0. The van der Waals surface area contributed by atoms with E-state index in [2.05, 4.69) is 25.5 Å². The Hall–Kier alpha value is -2.48. The number of aromatic amines is 1. The molecule has 1 saturated heterocycles. The Morgan fingerprint density at radius 1 is 1.13 bits per heavy atom. The third kappa shape index (κ3) is 5.47. The van der Waals surface area contributed by atoms with E-state index < -0.39 is 5.97 Å². The Morgan fingerprint density at radius 2 is 1.79 bits per heavy atom. The van der Waals surface area contributed by atoms with Crippen LogP contribution in [0.25, 0.3) is 0 Å². The summed E-state index contributed by atoms with van der Waals surface area (Å²) in [4.78, 5) is 46.4. The predicted molar refractivity (Wildman–Crippen MR) is 149 cm³/mol. The van der Waals surface area contributed by atoms with Gasteiger partial charge in [-0.25, -0.2) is 9.78 Å². The molecule has 1 aromatic carbocycles. The van der Waals surface area contributed by atoms with Crippen LogP contribution < -0.4 is 15.5 Å². The van der Waals surface area contributed by atoms with Gasteiger partial charge in [0, 0.05) is 55.2 Å². The summed E-state index contributed by atoms with van der Waals surface area (Å²) in [5, 5.41) is 16.8. The number of nitrogens with zero attached hydrogens (tertiary/aromatic N) is 2. The van der Waals surface area contributed by atoms with Gasteiger partial charge in [0.05, 0.1) is 15.7 Å². The van der Waals surface area contributed by atoms with E-state index in [9.17, 15) is 19.5 Å². The molecule has 196 valence electrons. The number of anilines is 1. The summed E-state index contributed by atoms with van der Waals surface area (Å²) in [6.07, 6.45) is 0.353. The summed E-state index contributed by atoms with van der Waals surface area (Å²) in [6, 6.07) is 7.12. The molecule has 3 heterocycles. The molecule has 4 N–H and O–H groups in total. The summed E-state index contributed by atoms with van der Waals surface area (Å²) in [5.74, 6) is -0.917. The van der Waals surface area contributed by atoms with Crippen molar-refractivity contribution >= 4 is 76.3 Å². The predicted octanol–water partition coefficient (Wildman–Crippen LogP) is 3.34. The molecule has 0 radical (unpaired) electrons. The fourth-order valence-electron chi connectivity index (χ4n) is 4.84. The average molecular weight is 570 g/mol. The molecule has 2 aliphatic rings. The molecule has 13 heteroatoms. The number of aromatic carboxylic acids is 1. The third-order valence-corrected chi connectivity index (χ3v) is 8.94. The fraction of sp³-hybridized carbons (Fsp3) is 0.360. The molecule has 3 aromatic rings. The Morgan fingerprint density at radius 3 is 2.34 bits per heavy atom. The number of H-pyrrole nitrogens is 1. The third-order valence-electron chi connectivity index (χ3n) is 6.85. The van der Waals surface area contributed by atoms with Crippen LogP contribution in [0.2, 0.25) is 10.0 Å². The first-order valence-corrected chi connectivity index (χ1v) is 13.4. The number of amides is 2. The van der Waals surface area contributed by atoms with Crippen molar-refractivity contribution in [3.05, 3.63) is 67.4 Å². The number of aromatic nitrogens is 2. The number of aryl methyl sites for hydroxylation is 1. The van der Waals surface area contributed by atoms with Gasteiger partial charge in [0.25, 0.3) is 11.8 Å². The van der Waals surface area contributed by atoms with E-state index >= 15 is 0 Å². The van der Waals surface area contributed by atoms with Gasteiger partial charge in [-0.3, -0.25) is 9.59 Å². The second kappa shape index (κ2) is 11.3. The number of piperidine rings is 1. The summed E-state index contributed by atoms with van der Waals surface area (Å²) >= 11 is 13.4. The maximum atomic E-state index is 12.7. The molecule has 1 aliphatic heterocycles. The number of carbonyl (C=O) groups is 3. The van der Waals surface area contributed by atoms with Gasteiger partial charge in [-0.1, -0.05) is 46.7 Å². The first-order chi connectivity index (χ1) is 17.7. The molecule has 1 aliphatic carbocycles. The van der Waals surface area contributed by atoms with Gasteiger partial charge in [0.2, 0.25) is 0 Å². The zero-order valence-electron chi connectivity index (χ0n) is 20.1. The first-order valence-electron chi connectivity index (χ1n) is 11.9. The molecule has 0 bridgehead atoms. The molecule has 2 amide bonds. The molecular weight excluding hydrogens is 544 g/mol. The summed E-state index contributed by atoms with van der Waals surface area (Å²) in [7, 11) is 0. The molecule has 9 nitrogen and oxygen atoms in total. The van der Waals surface area contributed by atoms with E-state index in [0.29, 0.717) is 53.2 Å². The molecule has 5 rings (SSSR count). The molecule has 1 unspecified atom stereocenters. The van der Waals surface area contributed by atoms with Crippen LogP contribution in [0, 0.1) is 18.8 Å². The Balaban J connectivity index is 0.00000336. The number of rotatable bonds is 8. The minimum atomic E-state index is -1.01. The Kier molecular flexibility index (Phi) is 8.50. The first kappa shape index (κ1) is 28.5. The normalized spacial score (nSPS) is 19.5. The molecule has 38 heavy (non-hydrogen) atoms. The van der Waals surface area contributed by atoms with Gasteiger partial charge in [0.15, 0.2) is 5.13 Å². The van der Waals surface area contributed by atoms with Gasteiger partial charge in [-0.05, 0) is 31.5 Å². The average Bonchev–Trinajstić information content (AvgIpc) is 3.22. The van der Waals surface area contributed by atoms with Gasteiger partial charge < -0.3 is 25.6 Å². The number of benzene rings is 1. The van der Waals surface area contributed by atoms with Crippen LogP contribution in [0.3, 0.4) is 0 Å².